The van der Waals surface area contributed by atoms with E-state index in [-0.39, 0.29) is 11.2 Å². The zero-order chi connectivity index (χ0) is 17.1. The lowest BCUT2D eigenvalue weighted by Crippen LogP contribution is -2.03. The second-order valence-corrected chi connectivity index (χ2v) is 5.45. The fourth-order valence-corrected chi connectivity index (χ4v) is 2.62. The van der Waals surface area contributed by atoms with Crippen LogP contribution in [0.2, 0.25) is 0 Å². The lowest BCUT2D eigenvalue weighted by Gasteiger charge is -2.09. The van der Waals surface area contributed by atoms with Crippen molar-refractivity contribution < 1.29 is 19.0 Å². The first-order valence-corrected chi connectivity index (χ1v) is 7.57. The van der Waals surface area contributed by atoms with Gasteiger partial charge in [-0.2, -0.15) is 0 Å². The third-order valence-electron chi connectivity index (χ3n) is 3.87. The summed E-state index contributed by atoms with van der Waals surface area (Å²) in [5, 5.41) is 10.00. The standard InChI is InChI=1S/C19H18O5/c1-22-17-8-4-12(9-19(17)23-2)3-6-14-11-16(21)15-7-5-13(20)10-18(15)24-14/h4-5,7-11,20H,3,6H2,1-2H3. The van der Waals surface area contributed by atoms with Crippen LogP contribution in [0.5, 0.6) is 17.2 Å². The van der Waals surface area contributed by atoms with Gasteiger partial charge in [0.25, 0.3) is 0 Å². The van der Waals surface area contributed by atoms with Gasteiger partial charge in [0.2, 0.25) is 0 Å². The number of phenols is 1. The minimum atomic E-state index is -0.112. The highest BCUT2D eigenvalue weighted by molar-refractivity contribution is 5.77. The third-order valence-corrected chi connectivity index (χ3v) is 3.87. The molecule has 24 heavy (non-hydrogen) atoms. The van der Waals surface area contributed by atoms with Crippen molar-refractivity contribution in [3.63, 3.8) is 0 Å². The molecule has 5 nitrogen and oxygen atoms in total. The molecule has 1 N–H and O–H groups in total. The van der Waals surface area contributed by atoms with Gasteiger partial charge in [-0.1, -0.05) is 6.07 Å². The molecule has 2 aromatic carbocycles. The van der Waals surface area contributed by atoms with E-state index in [1.807, 2.05) is 18.2 Å². The molecule has 0 radical (unpaired) electrons. The van der Waals surface area contributed by atoms with Crippen LogP contribution >= 0.6 is 0 Å². The van der Waals surface area contributed by atoms with Gasteiger partial charge in [-0.25, -0.2) is 0 Å². The van der Waals surface area contributed by atoms with Gasteiger partial charge in [0.15, 0.2) is 16.9 Å². The molecular formula is C19H18O5. The predicted molar refractivity (Wildman–Crippen MR) is 91.1 cm³/mol. The molecule has 1 aromatic heterocycles. The van der Waals surface area contributed by atoms with Gasteiger partial charge in [-0.15, -0.1) is 0 Å². The summed E-state index contributed by atoms with van der Waals surface area (Å²) in [6, 6.07) is 11.7. The number of hydrogen-bond donors (Lipinski definition) is 1. The molecule has 0 amide bonds. The van der Waals surface area contributed by atoms with E-state index in [0.717, 1.165) is 5.56 Å². The summed E-state index contributed by atoms with van der Waals surface area (Å²) >= 11 is 0. The Morgan fingerprint density at radius 3 is 2.50 bits per heavy atom. The van der Waals surface area contributed by atoms with E-state index in [1.54, 1.807) is 20.3 Å². The van der Waals surface area contributed by atoms with Crippen LogP contribution in [0.4, 0.5) is 0 Å². The largest absolute Gasteiger partial charge is 0.508 e. The Morgan fingerprint density at radius 1 is 0.958 bits per heavy atom. The fourth-order valence-electron chi connectivity index (χ4n) is 2.62. The molecule has 0 fully saturated rings. The minimum Gasteiger partial charge on any atom is -0.508 e. The molecule has 3 rings (SSSR count). The maximum atomic E-state index is 12.1. The Labute approximate surface area is 139 Å². The molecule has 0 spiro atoms. The summed E-state index contributed by atoms with van der Waals surface area (Å²) in [4.78, 5) is 12.1. The van der Waals surface area contributed by atoms with Crippen LogP contribution in [0.3, 0.4) is 0 Å². The van der Waals surface area contributed by atoms with Crippen molar-refractivity contribution in [3.8, 4) is 17.2 Å². The summed E-state index contributed by atoms with van der Waals surface area (Å²) in [6.07, 6.45) is 1.25. The molecule has 0 aliphatic rings. The van der Waals surface area contributed by atoms with Crippen LogP contribution in [0, 0.1) is 0 Å². The number of benzene rings is 2. The molecule has 0 saturated heterocycles. The lowest BCUT2D eigenvalue weighted by molar-refractivity contribution is 0.354. The number of phenolic OH excluding ortho intramolecular Hbond substituents is 1. The summed E-state index contributed by atoms with van der Waals surface area (Å²) in [6.45, 7) is 0. The Kier molecular flexibility index (Phi) is 4.42. The molecule has 124 valence electrons. The Morgan fingerprint density at radius 2 is 1.75 bits per heavy atom. The van der Waals surface area contributed by atoms with Crippen molar-refractivity contribution in [2.24, 2.45) is 0 Å². The van der Waals surface area contributed by atoms with E-state index in [9.17, 15) is 9.90 Å². The molecule has 1 heterocycles. The quantitative estimate of drug-likeness (QED) is 0.779. The number of ether oxygens (including phenoxy) is 2. The van der Waals surface area contributed by atoms with Crippen LogP contribution in [-0.4, -0.2) is 19.3 Å². The number of aryl methyl sites for hydroxylation is 2. The Balaban J connectivity index is 1.84. The third kappa shape index (κ3) is 3.20. The number of hydrogen-bond acceptors (Lipinski definition) is 5. The monoisotopic (exact) mass is 326 g/mol. The van der Waals surface area contributed by atoms with Gasteiger partial charge >= 0.3 is 0 Å². The molecule has 0 saturated carbocycles. The number of methoxy groups -OCH3 is 2. The normalized spacial score (nSPS) is 10.8. The second kappa shape index (κ2) is 6.66. The maximum Gasteiger partial charge on any atom is 0.192 e. The first kappa shape index (κ1) is 15.9. The Bertz CT molecular complexity index is 927. The van der Waals surface area contributed by atoms with Crippen molar-refractivity contribution in [1.82, 2.24) is 0 Å². The summed E-state index contributed by atoms with van der Waals surface area (Å²) < 4.78 is 16.2. The van der Waals surface area contributed by atoms with E-state index in [2.05, 4.69) is 0 Å². The van der Waals surface area contributed by atoms with Crippen LogP contribution in [0.1, 0.15) is 11.3 Å². The zero-order valence-electron chi connectivity index (χ0n) is 13.5. The highest BCUT2D eigenvalue weighted by Gasteiger charge is 2.08. The van der Waals surface area contributed by atoms with E-state index >= 15 is 0 Å². The molecule has 0 atom stereocenters. The molecule has 5 heteroatoms. The van der Waals surface area contributed by atoms with E-state index < -0.39 is 0 Å². The lowest BCUT2D eigenvalue weighted by atomic mass is 10.1. The van der Waals surface area contributed by atoms with Crippen LogP contribution in [0.15, 0.2) is 51.7 Å². The van der Waals surface area contributed by atoms with Gasteiger partial charge in [0.1, 0.15) is 17.1 Å². The topological polar surface area (TPSA) is 68.9 Å². The van der Waals surface area contributed by atoms with E-state index in [0.29, 0.717) is 41.1 Å². The van der Waals surface area contributed by atoms with Gasteiger partial charge in [0.05, 0.1) is 19.6 Å². The van der Waals surface area contributed by atoms with Gasteiger partial charge in [-0.3, -0.25) is 4.79 Å². The van der Waals surface area contributed by atoms with Crippen LogP contribution < -0.4 is 14.9 Å². The minimum absolute atomic E-state index is 0.0719. The van der Waals surface area contributed by atoms with Crippen molar-refractivity contribution in [2.75, 3.05) is 14.2 Å². The smallest absolute Gasteiger partial charge is 0.192 e. The fraction of sp³-hybridized carbons (Fsp3) is 0.211. The van der Waals surface area contributed by atoms with Gasteiger partial charge in [-0.05, 0) is 36.2 Å². The molecule has 0 bridgehead atoms. The average Bonchev–Trinajstić information content (AvgIpc) is 2.59. The van der Waals surface area contributed by atoms with E-state index in [1.165, 1.54) is 18.2 Å². The molecular weight excluding hydrogens is 308 g/mol. The molecule has 3 aromatic rings. The summed E-state index contributed by atoms with van der Waals surface area (Å²) in [5.74, 6) is 1.99. The number of fused-ring (bicyclic) bond motifs is 1. The number of rotatable bonds is 5. The zero-order valence-corrected chi connectivity index (χ0v) is 13.5. The SMILES string of the molecule is COc1ccc(CCc2cc(=O)c3ccc(O)cc3o2)cc1OC. The maximum absolute atomic E-state index is 12.1. The summed E-state index contributed by atoms with van der Waals surface area (Å²) in [7, 11) is 3.19. The Hall–Kier alpha value is -2.95. The predicted octanol–water partition coefficient (Wildman–Crippen LogP) is 3.30. The molecule has 0 unspecified atom stereocenters. The first-order chi connectivity index (χ1) is 11.6. The van der Waals surface area contributed by atoms with Crippen molar-refractivity contribution in [1.29, 1.82) is 0 Å². The average molecular weight is 326 g/mol. The van der Waals surface area contributed by atoms with Crippen LogP contribution in [0.25, 0.3) is 11.0 Å². The summed E-state index contributed by atoms with van der Waals surface area (Å²) in [5.41, 5.74) is 1.33. The number of aromatic hydroxyl groups is 1. The second-order valence-electron chi connectivity index (χ2n) is 5.45. The van der Waals surface area contributed by atoms with E-state index in [4.69, 9.17) is 13.9 Å². The first-order valence-electron chi connectivity index (χ1n) is 7.57. The molecule has 0 aliphatic carbocycles. The van der Waals surface area contributed by atoms with Gasteiger partial charge < -0.3 is 19.0 Å². The highest BCUT2D eigenvalue weighted by atomic mass is 16.5. The van der Waals surface area contributed by atoms with Crippen molar-refractivity contribution in [2.45, 2.75) is 12.8 Å². The van der Waals surface area contributed by atoms with Crippen molar-refractivity contribution >= 4 is 11.0 Å². The molecule has 0 aliphatic heterocycles. The van der Waals surface area contributed by atoms with Crippen LogP contribution in [-0.2, 0) is 12.8 Å². The van der Waals surface area contributed by atoms with Gasteiger partial charge in [0, 0.05) is 18.6 Å². The van der Waals surface area contributed by atoms with Crippen molar-refractivity contribution in [3.05, 3.63) is 64.0 Å². The highest BCUT2D eigenvalue weighted by Crippen LogP contribution is 2.28.